The number of aromatic nitrogens is 2. The van der Waals surface area contributed by atoms with Crippen molar-refractivity contribution in [1.82, 2.24) is 20.4 Å². The normalized spacial score (nSPS) is 19.1. The fraction of sp³-hybridized carbons (Fsp3) is 0.529. The van der Waals surface area contributed by atoms with Gasteiger partial charge in [0.1, 0.15) is 0 Å². The number of halogens is 2. The van der Waals surface area contributed by atoms with Crippen LogP contribution in [0.5, 0.6) is 0 Å². The third-order valence-corrected chi connectivity index (χ3v) is 4.30. The maximum atomic E-state index is 6.15. The third-order valence-electron chi connectivity index (χ3n) is 4.06. The minimum Gasteiger partial charge on any atom is -0.338 e. The first kappa shape index (κ1) is 19.2. The molecule has 3 rings (SSSR count). The Morgan fingerprint density at radius 2 is 2.17 bits per heavy atom. The van der Waals surface area contributed by atoms with Crippen LogP contribution in [0, 0.1) is 0 Å². The van der Waals surface area contributed by atoms with Gasteiger partial charge in [0.15, 0.2) is 5.82 Å². The Hall–Kier alpha value is -1.14. The zero-order valence-corrected chi connectivity index (χ0v) is 15.8. The molecule has 132 valence electrons. The Balaban J connectivity index is 0.00000208. The van der Waals surface area contributed by atoms with Gasteiger partial charge in [-0.05, 0) is 17.7 Å². The van der Waals surface area contributed by atoms with Gasteiger partial charge in [-0.1, -0.05) is 49.7 Å². The molecular weight excluding hydrogens is 347 g/mol. The monoisotopic (exact) mass is 370 g/mol. The van der Waals surface area contributed by atoms with E-state index in [4.69, 9.17) is 16.1 Å². The maximum absolute atomic E-state index is 6.15. The van der Waals surface area contributed by atoms with Crippen molar-refractivity contribution < 1.29 is 4.52 Å². The molecule has 1 aliphatic heterocycles. The number of piperazine rings is 1. The lowest BCUT2D eigenvalue weighted by molar-refractivity contribution is 0.135. The summed E-state index contributed by atoms with van der Waals surface area (Å²) >= 11 is 6.15. The minimum absolute atomic E-state index is 0. The van der Waals surface area contributed by atoms with Gasteiger partial charge >= 0.3 is 0 Å². The van der Waals surface area contributed by atoms with E-state index in [2.05, 4.69) is 47.2 Å². The van der Waals surface area contributed by atoms with Gasteiger partial charge in [0.2, 0.25) is 5.89 Å². The molecule has 0 bridgehead atoms. The van der Waals surface area contributed by atoms with Crippen LogP contribution in [0.15, 0.2) is 28.8 Å². The number of nitrogens with one attached hydrogen (secondary N) is 1. The smallest absolute Gasteiger partial charge is 0.240 e. The second-order valence-electron chi connectivity index (χ2n) is 7.01. The average molecular weight is 371 g/mol. The number of nitrogens with zero attached hydrogens (tertiary/aromatic N) is 3. The molecule has 1 saturated heterocycles. The van der Waals surface area contributed by atoms with E-state index in [-0.39, 0.29) is 23.9 Å². The number of hydrogen-bond donors (Lipinski definition) is 1. The molecule has 7 heteroatoms. The van der Waals surface area contributed by atoms with E-state index < -0.39 is 0 Å². The lowest BCUT2D eigenvalue weighted by Crippen LogP contribution is -2.45. The molecule has 0 radical (unpaired) electrons. The molecule has 5 nitrogen and oxygen atoms in total. The van der Waals surface area contributed by atoms with Crippen LogP contribution in [-0.4, -0.2) is 34.7 Å². The summed E-state index contributed by atoms with van der Waals surface area (Å²) in [5.41, 5.74) is 1.11. The third kappa shape index (κ3) is 4.48. The first-order chi connectivity index (χ1) is 10.9. The van der Waals surface area contributed by atoms with Crippen LogP contribution in [0.25, 0.3) is 0 Å². The van der Waals surface area contributed by atoms with Crippen molar-refractivity contribution in [3.63, 3.8) is 0 Å². The summed E-state index contributed by atoms with van der Waals surface area (Å²) in [5, 5.41) is 8.33. The van der Waals surface area contributed by atoms with Crippen LogP contribution < -0.4 is 5.32 Å². The van der Waals surface area contributed by atoms with Crippen LogP contribution in [0.3, 0.4) is 0 Å². The second kappa shape index (κ2) is 7.83. The molecule has 1 N–H and O–H groups in total. The highest BCUT2D eigenvalue weighted by atomic mass is 35.5. The van der Waals surface area contributed by atoms with Crippen molar-refractivity contribution in [3.8, 4) is 0 Å². The Morgan fingerprint density at radius 3 is 2.83 bits per heavy atom. The fourth-order valence-electron chi connectivity index (χ4n) is 2.78. The number of benzene rings is 1. The molecule has 0 aliphatic carbocycles. The standard InChI is InChI=1S/C17H23ClN4O.ClH/c1-17(2,3)16-20-15(23-21-16)11-22-8-7-19-10-14(22)12-5-4-6-13(18)9-12;/h4-6,9,14,19H,7-8,10-11H2,1-3H3;1H. The van der Waals surface area contributed by atoms with E-state index in [1.807, 2.05) is 18.2 Å². The van der Waals surface area contributed by atoms with E-state index in [9.17, 15) is 0 Å². The highest BCUT2D eigenvalue weighted by molar-refractivity contribution is 6.30. The molecule has 1 aromatic heterocycles. The van der Waals surface area contributed by atoms with Gasteiger partial charge in [-0.2, -0.15) is 4.98 Å². The van der Waals surface area contributed by atoms with Crippen molar-refractivity contribution in [2.75, 3.05) is 19.6 Å². The minimum atomic E-state index is -0.0996. The lowest BCUT2D eigenvalue weighted by atomic mass is 9.96. The molecule has 1 aromatic carbocycles. The van der Waals surface area contributed by atoms with Gasteiger partial charge in [-0.25, -0.2) is 0 Å². The van der Waals surface area contributed by atoms with E-state index >= 15 is 0 Å². The lowest BCUT2D eigenvalue weighted by Gasteiger charge is -2.35. The summed E-state index contributed by atoms with van der Waals surface area (Å²) < 4.78 is 5.45. The first-order valence-electron chi connectivity index (χ1n) is 7.97. The molecule has 0 amide bonds. The summed E-state index contributed by atoms with van der Waals surface area (Å²) in [6, 6.07) is 8.30. The van der Waals surface area contributed by atoms with Gasteiger partial charge < -0.3 is 9.84 Å². The van der Waals surface area contributed by atoms with Crippen molar-refractivity contribution in [2.24, 2.45) is 0 Å². The summed E-state index contributed by atoms with van der Waals surface area (Å²) in [6.45, 7) is 9.69. The molecule has 24 heavy (non-hydrogen) atoms. The molecule has 0 spiro atoms. The van der Waals surface area contributed by atoms with Gasteiger partial charge in [0.05, 0.1) is 6.54 Å². The van der Waals surface area contributed by atoms with E-state index in [1.165, 1.54) is 5.56 Å². The van der Waals surface area contributed by atoms with Crippen molar-refractivity contribution in [1.29, 1.82) is 0 Å². The van der Waals surface area contributed by atoms with Gasteiger partial charge in [0, 0.05) is 36.1 Å². The Morgan fingerprint density at radius 1 is 1.38 bits per heavy atom. The zero-order chi connectivity index (χ0) is 16.4. The SMILES string of the molecule is CC(C)(C)c1noc(CN2CCNCC2c2cccc(Cl)c2)n1.Cl. The fourth-order valence-corrected chi connectivity index (χ4v) is 2.97. The van der Waals surface area contributed by atoms with E-state index in [0.717, 1.165) is 30.5 Å². The molecule has 1 atom stereocenters. The predicted molar refractivity (Wildman–Crippen MR) is 97.7 cm³/mol. The average Bonchev–Trinajstić information content (AvgIpc) is 2.96. The van der Waals surface area contributed by atoms with Crippen molar-refractivity contribution in [2.45, 2.75) is 38.8 Å². The van der Waals surface area contributed by atoms with Gasteiger partial charge in [-0.3, -0.25) is 4.90 Å². The van der Waals surface area contributed by atoms with Crippen LogP contribution in [0.4, 0.5) is 0 Å². The second-order valence-corrected chi connectivity index (χ2v) is 7.44. The predicted octanol–water partition coefficient (Wildman–Crippen LogP) is 3.59. The Bertz CT molecular complexity index is 669. The number of hydrogen-bond acceptors (Lipinski definition) is 5. The van der Waals surface area contributed by atoms with Gasteiger partial charge in [-0.15, -0.1) is 12.4 Å². The largest absolute Gasteiger partial charge is 0.338 e. The van der Waals surface area contributed by atoms with Crippen LogP contribution >= 0.6 is 24.0 Å². The van der Waals surface area contributed by atoms with Crippen LogP contribution in [-0.2, 0) is 12.0 Å². The molecule has 2 aromatic rings. The summed E-state index contributed by atoms with van der Waals surface area (Å²) in [5.74, 6) is 1.42. The molecule has 0 saturated carbocycles. The van der Waals surface area contributed by atoms with Crippen LogP contribution in [0.1, 0.15) is 44.1 Å². The van der Waals surface area contributed by atoms with Crippen molar-refractivity contribution >= 4 is 24.0 Å². The van der Waals surface area contributed by atoms with Gasteiger partial charge in [0.25, 0.3) is 0 Å². The highest BCUT2D eigenvalue weighted by Gasteiger charge is 2.27. The number of rotatable bonds is 3. The summed E-state index contributed by atoms with van der Waals surface area (Å²) in [4.78, 5) is 6.92. The summed E-state index contributed by atoms with van der Waals surface area (Å²) in [7, 11) is 0. The summed E-state index contributed by atoms with van der Waals surface area (Å²) in [6.07, 6.45) is 0. The Kier molecular flexibility index (Phi) is 6.26. The Labute approximate surface area is 154 Å². The first-order valence-corrected chi connectivity index (χ1v) is 8.34. The molecule has 2 heterocycles. The quantitative estimate of drug-likeness (QED) is 0.894. The molecule has 1 unspecified atom stereocenters. The zero-order valence-electron chi connectivity index (χ0n) is 14.3. The molecular formula is C17H24Cl2N4O. The highest BCUT2D eigenvalue weighted by Crippen LogP contribution is 2.26. The van der Waals surface area contributed by atoms with E-state index in [0.29, 0.717) is 12.4 Å². The topological polar surface area (TPSA) is 54.2 Å². The molecule has 1 fully saturated rings. The van der Waals surface area contributed by atoms with Crippen molar-refractivity contribution in [3.05, 3.63) is 46.6 Å². The van der Waals surface area contributed by atoms with Crippen LogP contribution in [0.2, 0.25) is 5.02 Å². The maximum Gasteiger partial charge on any atom is 0.240 e. The molecule has 1 aliphatic rings. The van der Waals surface area contributed by atoms with E-state index in [1.54, 1.807) is 0 Å².